The van der Waals surface area contributed by atoms with Crippen LogP contribution in [0.2, 0.25) is 0 Å². The first-order valence-electron chi connectivity index (χ1n) is 5.68. The number of likely N-dealkylation sites (tertiary alicyclic amines) is 1. The fourth-order valence-corrected chi connectivity index (χ4v) is 1.39. The van der Waals surface area contributed by atoms with E-state index in [1.807, 2.05) is 20.8 Å². The molecule has 3 nitrogen and oxygen atoms in total. The van der Waals surface area contributed by atoms with Crippen molar-refractivity contribution in [2.45, 2.75) is 58.6 Å². The van der Waals surface area contributed by atoms with E-state index in [0.29, 0.717) is 6.47 Å². The molecule has 0 aliphatic carbocycles. The predicted molar refractivity (Wildman–Crippen MR) is 62.8 cm³/mol. The number of hydrogen-bond acceptors (Lipinski definition) is 3. The molecule has 0 amide bonds. The second-order valence-corrected chi connectivity index (χ2v) is 5.15. The zero-order valence-corrected chi connectivity index (χ0v) is 10.7. The van der Waals surface area contributed by atoms with Gasteiger partial charge in [-0.25, -0.2) is 0 Å². The van der Waals surface area contributed by atoms with E-state index in [1.165, 1.54) is 25.8 Å². The van der Waals surface area contributed by atoms with Crippen molar-refractivity contribution < 1.29 is 9.53 Å². The monoisotopic (exact) mass is 215 g/mol. The van der Waals surface area contributed by atoms with Gasteiger partial charge in [-0.1, -0.05) is 6.42 Å². The van der Waals surface area contributed by atoms with Crippen LogP contribution in [0.3, 0.4) is 0 Å². The predicted octanol–water partition coefficient (Wildman–Crippen LogP) is 2.45. The summed E-state index contributed by atoms with van der Waals surface area (Å²) in [5, 5.41) is 0. The van der Waals surface area contributed by atoms with Gasteiger partial charge in [0.2, 0.25) is 0 Å². The highest BCUT2D eigenvalue weighted by Gasteiger charge is 2.12. The minimum absolute atomic E-state index is 0.318. The van der Waals surface area contributed by atoms with Gasteiger partial charge in [0.25, 0.3) is 6.47 Å². The first kappa shape index (κ1) is 14.4. The summed E-state index contributed by atoms with van der Waals surface area (Å²) in [6.45, 7) is 9.53. The van der Waals surface area contributed by atoms with Gasteiger partial charge in [-0.15, -0.1) is 0 Å². The lowest BCUT2D eigenvalue weighted by molar-refractivity contribution is -0.138. The number of ether oxygens (including phenoxy) is 1. The van der Waals surface area contributed by atoms with Crippen LogP contribution >= 0.6 is 0 Å². The summed E-state index contributed by atoms with van der Waals surface area (Å²) in [4.78, 5) is 12.0. The second kappa shape index (κ2) is 6.83. The SMILES string of the molecule is CC(C)(C)OC=O.C[C@H]1CCCCN1C. The lowest BCUT2D eigenvalue weighted by atomic mass is 10.1. The third-order valence-electron chi connectivity index (χ3n) is 2.54. The van der Waals surface area contributed by atoms with Crippen LogP contribution in [0, 0.1) is 0 Å². The first-order valence-corrected chi connectivity index (χ1v) is 5.68. The van der Waals surface area contributed by atoms with Gasteiger partial charge in [0, 0.05) is 6.04 Å². The van der Waals surface area contributed by atoms with Crippen LogP contribution in [-0.4, -0.2) is 36.6 Å². The smallest absolute Gasteiger partial charge is 0.293 e. The van der Waals surface area contributed by atoms with Crippen molar-refractivity contribution in [1.29, 1.82) is 0 Å². The van der Waals surface area contributed by atoms with Crippen molar-refractivity contribution in [3.05, 3.63) is 0 Å². The minimum Gasteiger partial charge on any atom is -0.462 e. The van der Waals surface area contributed by atoms with Crippen molar-refractivity contribution in [3.63, 3.8) is 0 Å². The summed E-state index contributed by atoms with van der Waals surface area (Å²) in [6, 6.07) is 0.837. The van der Waals surface area contributed by atoms with Crippen LogP contribution in [0.15, 0.2) is 0 Å². The van der Waals surface area contributed by atoms with Gasteiger partial charge in [0.1, 0.15) is 5.60 Å². The standard InChI is InChI=1S/C7H15N.C5H10O2/c1-7-5-3-4-6-8(7)2;1-5(2,3)7-4-6/h7H,3-6H2,1-2H3;4H,1-3H3/t7-;/m0./s1. The molecule has 1 fully saturated rings. The van der Waals surface area contributed by atoms with E-state index in [1.54, 1.807) is 0 Å². The molecule has 15 heavy (non-hydrogen) atoms. The molecule has 0 N–H and O–H groups in total. The van der Waals surface area contributed by atoms with Gasteiger partial charge in [-0.2, -0.15) is 0 Å². The normalized spacial score (nSPS) is 22.6. The highest BCUT2D eigenvalue weighted by Crippen LogP contribution is 2.13. The number of carbonyl (C=O) groups is 1. The summed E-state index contributed by atoms with van der Waals surface area (Å²) < 4.78 is 4.55. The average molecular weight is 215 g/mol. The quantitative estimate of drug-likeness (QED) is 0.629. The molecule has 90 valence electrons. The lowest BCUT2D eigenvalue weighted by Crippen LogP contribution is -2.33. The van der Waals surface area contributed by atoms with Gasteiger partial charge < -0.3 is 9.64 Å². The van der Waals surface area contributed by atoms with Crippen molar-refractivity contribution in [3.8, 4) is 0 Å². The topological polar surface area (TPSA) is 29.5 Å². The summed E-state index contributed by atoms with van der Waals surface area (Å²) >= 11 is 0. The van der Waals surface area contributed by atoms with Gasteiger partial charge >= 0.3 is 0 Å². The van der Waals surface area contributed by atoms with Crippen LogP contribution in [0.4, 0.5) is 0 Å². The summed E-state index contributed by atoms with van der Waals surface area (Å²) in [5.74, 6) is 0. The Balaban J connectivity index is 0.000000265. The zero-order chi connectivity index (χ0) is 11.9. The number of carbonyl (C=O) groups excluding carboxylic acids is 1. The van der Waals surface area contributed by atoms with Gasteiger partial charge in [-0.3, -0.25) is 4.79 Å². The molecule has 0 aromatic rings. The Bertz CT molecular complexity index is 165. The Labute approximate surface area is 93.8 Å². The Morgan fingerprint density at radius 2 is 1.93 bits per heavy atom. The van der Waals surface area contributed by atoms with Crippen LogP contribution in [0.25, 0.3) is 0 Å². The highest BCUT2D eigenvalue weighted by molar-refractivity contribution is 5.37. The molecule has 1 atom stereocenters. The summed E-state index contributed by atoms with van der Waals surface area (Å²) in [6.07, 6.45) is 4.24. The van der Waals surface area contributed by atoms with Crippen LogP contribution in [-0.2, 0) is 9.53 Å². The molecule has 0 unspecified atom stereocenters. The minimum atomic E-state index is -0.318. The van der Waals surface area contributed by atoms with Crippen molar-refractivity contribution in [1.82, 2.24) is 4.90 Å². The largest absolute Gasteiger partial charge is 0.462 e. The van der Waals surface area contributed by atoms with Gasteiger partial charge in [-0.05, 0) is 54.1 Å². The Morgan fingerprint density at radius 3 is 2.13 bits per heavy atom. The zero-order valence-electron chi connectivity index (χ0n) is 10.7. The average Bonchev–Trinajstić information content (AvgIpc) is 2.09. The number of rotatable bonds is 1. The van der Waals surface area contributed by atoms with Crippen molar-refractivity contribution in [2.75, 3.05) is 13.6 Å². The van der Waals surface area contributed by atoms with Gasteiger partial charge in [0.15, 0.2) is 0 Å². The molecule has 1 rings (SSSR count). The lowest BCUT2D eigenvalue weighted by Gasteiger charge is -2.29. The number of nitrogens with zero attached hydrogens (tertiary/aromatic N) is 1. The molecule has 1 aliphatic rings. The summed E-state index contributed by atoms with van der Waals surface area (Å²) in [5.41, 5.74) is -0.318. The maximum Gasteiger partial charge on any atom is 0.293 e. The molecular formula is C12H25NO2. The fraction of sp³-hybridized carbons (Fsp3) is 0.917. The van der Waals surface area contributed by atoms with E-state index >= 15 is 0 Å². The third-order valence-corrected chi connectivity index (χ3v) is 2.54. The Hall–Kier alpha value is -0.570. The van der Waals surface area contributed by atoms with Crippen molar-refractivity contribution >= 4 is 6.47 Å². The van der Waals surface area contributed by atoms with E-state index in [-0.39, 0.29) is 5.60 Å². The summed E-state index contributed by atoms with van der Waals surface area (Å²) in [7, 11) is 2.21. The van der Waals surface area contributed by atoms with Crippen molar-refractivity contribution in [2.24, 2.45) is 0 Å². The van der Waals surface area contributed by atoms with Crippen LogP contribution in [0.1, 0.15) is 47.0 Å². The molecule has 0 radical (unpaired) electrons. The second-order valence-electron chi connectivity index (χ2n) is 5.15. The van der Waals surface area contributed by atoms with E-state index in [0.717, 1.165) is 6.04 Å². The van der Waals surface area contributed by atoms with Crippen LogP contribution < -0.4 is 0 Å². The van der Waals surface area contributed by atoms with E-state index in [2.05, 4.69) is 23.6 Å². The molecule has 0 aromatic carbocycles. The Morgan fingerprint density at radius 1 is 1.33 bits per heavy atom. The molecular weight excluding hydrogens is 190 g/mol. The van der Waals surface area contributed by atoms with Crippen LogP contribution in [0.5, 0.6) is 0 Å². The number of piperidine rings is 1. The molecule has 1 saturated heterocycles. The third kappa shape index (κ3) is 8.43. The molecule has 0 saturated carbocycles. The molecule has 0 aromatic heterocycles. The number of hydrogen-bond donors (Lipinski definition) is 0. The maximum atomic E-state index is 9.60. The molecule has 1 heterocycles. The molecule has 0 spiro atoms. The maximum absolute atomic E-state index is 9.60. The van der Waals surface area contributed by atoms with E-state index < -0.39 is 0 Å². The molecule has 1 aliphatic heterocycles. The fourth-order valence-electron chi connectivity index (χ4n) is 1.39. The van der Waals surface area contributed by atoms with E-state index in [9.17, 15) is 4.79 Å². The molecule has 0 bridgehead atoms. The highest BCUT2D eigenvalue weighted by atomic mass is 16.5. The van der Waals surface area contributed by atoms with E-state index in [4.69, 9.17) is 0 Å². The van der Waals surface area contributed by atoms with Gasteiger partial charge in [0.05, 0.1) is 0 Å². The Kier molecular flexibility index (Phi) is 6.57. The molecule has 3 heteroatoms. The first-order chi connectivity index (χ1) is 6.87.